The van der Waals surface area contributed by atoms with Crippen LogP contribution in [0.25, 0.3) is 43.9 Å². The van der Waals surface area contributed by atoms with Gasteiger partial charge >= 0.3 is 7.12 Å². The van der Waals surface area contributed by atoms with Gasteiger partial charge in [0.2, 0.25) is 0 Å². The SMILES string of the molecule is C=N/C(=N\C(=N/Cc1cccc2c1oc1ccc(B3OC(C)(C)C(C)(C)O3)cc12)c1ccc2c(c1)oc1ccccc12)c1ccccc1. The van der Waals surface area contributed by atoms with Crippen LogP contribution in [0.5, 0.6) is 0 Å². The Morgan fingerprint density at radius 3 is 2.12 bits per heavy atom. The minimum Gasteiger partial charge on any atom is -0.456 e. The number of furan rings is 2. The standard InChI is InChI=1S/C40H34BN3O4/c1-39(2)40(3,4)48-41(47-39)28-19-21-34-32(23-28)31-16-11-14-27(36(31)46-34)24-43-38(44-37(42-5)25-12-7-6-8-13-25)26-18-20-30-29-15-9-10-17-33(29)45-35(30)22-26/h6-23H,5,24H2,1-4H3/b43-38-,44-37-. The first-order chi connectivity index (χ1) is 23.2. The Morgan fingerprint density at radius 1 is 0.625 bits per heavy atom. The summed E-state index contributed by atoms with van der Waals surface area (Å²) in [5.74, 6) is 0.996. The third-order valence-corrected chi connectivity index (χ3v) is 9.56. The van der Waals surface area contributed by atoms with E-state index in [4.69, 9.17) is 28.1 Å². The van der Waals surface area contributed by atoms with Crippen molar-refractivity contribution in [2.45, 2.75) is 45.4 Å². The third kappa shape index (κ3) is 5.14. The molecule has 1 aliphatic heterocycles. The Kier molecular flexibility index (Phi) is 7.16. The van der Waals surface area contributed by atoms with Crippen molar-refractivity contribution >= 4 is 74.8 Å². The van der Waals surface area contributed by atoms with Crippen LogP contribution in [0.4, 0.5) is 0 Å². The van der Waals surface area contributed by atoms with Crippen molar-refractivity contribution in [1.29, 1.82) is 0 Å². The fourth-order valence-electron chi connectivity index (χ4n) is 6.22. The van der Waals surface area contributed by atoms with Gasteiger partial charge < -0.3 is 18.1 Å². The average molecular weight is 632 g/mol. The second-order valence-corrected chi connectivity index (χ2v) is 13.1. The van der Waals surface area contributed by atoms with Gasteiger partial charge in [-0.05, 0) is 64.1 Å². The lowest BCUT2D eigenvalue weighted by molar-refractivity contribution is 0.00578. The monoisotopic (exact) mass is 631 g/mol. The molecule has 0 bridgehead atoms. The van der Waals surface area contributed by atoms with Crippen LogP contribution in [0, 0.1) is 0 Å². The van der Waals surface area contributed by atoms with E-state index in [1.165, 1.54) is 0 Å². The summed E-state index contributed by atoms with van der Waals surface area (Å²) in [5, 5.41) is 4.10. The highest BCUT2D eigenvalue weighted by molar-refractivity contribution is 6.62. The molecule has 7 aromatic rings. The number of aliphatic imine (C=N–C) groups is 3. The van der Waals surface area contributed by atoms with E-state index in [-0.39, 0.29) is 0 Å². The molecule has 0 atom stereocenters. The number of nitrogens with zero attached hydrogens (tertiary/aromatic N) is 3. The third-order valence-electron chi connectivity index (χ3n) is 9.56. The average Bonchev–Trinajstić information content (AvgIpc) is 3.72. The van der Waals surface area contributed by atoms with Gasteiger partial charge in [0.05, 0.1) is 17.7 Å². The zero-order valence-corrected chi connectivity index (χ0v) is 27.4. The minimum atomic E-state index is -0.459. The molecular weight excluding hydrogens is 597 g/mol. The maximum Gasteiger partial charge on any atom is 0.494 e. The molecule has 0 aliphatic carbocycles. The maximum atomic E-state index is 6.45. The summed E-state index contributed by atoms with van der Waals surface area (Å²) in [7, 11) is -0.459. The van der Waals surface area contributed by atoms with Gasteiger partial charge in [-0.3, -0.25) is 4.99 Å². The number of amidine groups is 2. The van der Waals surface area contributed by atoms with E-state index in [0.29, 0.717) is 18.2 Å². The number of hydrogen-bond acceptors (Lipinski definition) is 5. The van der Waals surface area contributed by atoms with E-state index in [1.807, 2.05) is 84.9 Å². The molecule has 0 unspecified atom stereocenters. The van der Waals surface area contributed by atoms with E-state index in [9.17, 15) is 0 Å². The van der Waals surface area contributed by atoms with Crippen molar-refractivity contribution in [3.05, 3.63) is 126 Å². The van der Waals surface area contributed by atoms with E-state index in [1.54, 1.807) is 0 Å². The van der Waals surface area contributed by atoms with Crippen molar-refractivity contribution in [1.82, 2.24) is 0 Å². The van der Waals surface area contributed by atoms with Crippen LogP contribution in [-0.2, 0) is 15.9 Å². The van der Waals surface area contributed by atoms with E-state index < -0.39 is 18.3 Å². The van der Waals surface area contributed by atoms with Crippen LogP contribution in [0.2, 0.25) is 0 Å². The van der Waals surface area contributed by atoms with Crippen molar-refractivity contribution in [3.8, 4) is 0 Å². The molecular formula is C40H34BN3O4. The van der Waals surface area contributed by atoms with Gasteiger partial charge in [-0.1, -0.05) is 84.9 Å². The first-order valence-corrected chi connectivity index (χ1v) is 16.1. The summed E-state index contributed by atoms with van der Waals surface area (Å²) in [6.45, 7) is 12.4. The van der Waals surface area contributed by atoms with Gasteiger partial charge in [0.25, 0.3) is 0 Å². The normalized spacial score (nSPS) is 16.5. The smallest absolute Gasteiger partial charge is 0.456 e. The molecule has 0 N–H and O–H groups in total. The largest absolute Gasteiger partial charge is 0.494 e. The summed E-state index contributed by atoms with van der Waals surface area (Å²) in [4.78, 5) is 14.3. The number of rotatable bonds is 5. The summed E-state index contributed by atoms with van der Waals surface area (Å²) in [6.07, 6.45) is 0. The second kappa shape index (κ2) is 11.4. The van der Waals surface area contributed by atoms with Crippen molar-refractivity contribution < 1.29 is 18.1 Å². The predicted molar refractivity (Wildman–Crippen MR) is 196 cm³/mol. The first kappa shape index (κ1) is 30.1. The first-order valence-electron chi connectivity index (χ1n) is 16.1. The van der Waals surface area contributed by atoms with Crippen molar-refractivity contribution in [3.63, 3.8) is 0 Å². The molecule has 0 spiro atoms. The lowest BCUT2D eigenvalue weighted by atomic mass is 9.78. The minimum absolute atomic E-state index is 0.331. The molecule has 1 aliphatic rings. The van der Waals surface area contributed by atoms with Crippen LogP contribution >= 0.6 is 0 Å². The van der Waals surface area contributed by atoms with Crippen molar-refractivity contribution in [2.75, 3.05) is 0 Å². The topological polar surface area (TPSA) is 81.8 Å². The molecule has 7 nitrogen and oxygen atoms in total. The summed E-state index contributed by atoms with van der Waals surface area (Å²) >= 11 is 0. The van der Waals surface area contributed by atoms with Gasteiger partial charge in [-0.2, -0.15) is 0 Å². The quantitative estimate of drug-likeness (QED) is 0.108. The lowest BCUT2D eigenvalue weighted by Gasteiger charge is -2.32. The molecule has 0 radical (unpaired) electrons. The zero-order valence-electron chi connectivity index (χ0n) is 27.4. The molecule has 2 aromatic heterocycles. The number of para-hydroxylation sites is 2. The molecule has 0 amide bonds. The Morgan fingerprint density at radius 2 is 1.33 bits per heavy atom. The lowest BCUT2D eigenvalue weighted by Crippen LogP contribution is -2.41. The zero-order chi connectivity index (χ0) is 33.0. The fraction of sp³-hybridized carbons (Fsp3) is 0.175. The highest BCUT2D eigenvalue weighted by Crippen LogP contribution is 2.37. The molecule has 236 valence electrons. The Bertz CT molecular complexity index is 2400. The van der Waals surface area contributed by atoms with Gasteiger partial charge in [0, 0.05) is 38.2 Å². The highest BCUT2D eigenvalue weighted by Gasteiger charge is 2.51. The van der Waals surface area contributed by atoms with Crippen LogP contribution in [0.15, 0.2) is 133 Å². The molecule has 1 saturated heterocycles. The predicted octanol–water partition coefficient (Wildman–Crippen LogP) is 8.88. The molecule has 8 heteroatoms. The molecule has 8 rings (SSSR count). The van der Waals surface area contributed by atoms with E-state index in [0.717, 1.165) is 66.0 Å². The highest BCUT2D eigenvalue weighted by atomic mass is 16.7. The Balaban J connectivity index is 1.20. The Hall–Kier alpha value is -5.31. The molecule has 3 heterocycles. The number of fused-ring (bicyclic) bond motifs is 6. The Labute approximate surface area is 278 Å². The molecule has 48 heavy (non-hydrogen) atoms. The summed E-state index contributed by atoms with van der Waals surface area (Å²) < 4.78 is 25.3. The van der Waals surface area contributed by atoms with Gasteiger partial charge in [-0.25, -0.2) is 9.98 Å². The van der Waals surface area contributed by atoms with Crippen LogP contribution < -0.4 is 5.46 Å². The van der Waals surface area contributed by atoms with E-state index >= 15 is 0 Å². The summed E-state index contributed by atoms with van der Waals surface area (Å²) in [5.41, 5.74) is 5.87. The van der Waals surface area contributed by atoms with Crippen LogP contribution in [0.1, 0.15) is 44.4 Å². The maximum absolute atomic E-state index is 6.45. The fourth-order valence-corrected chi connectivity index (χ4v) is 6.22. The number of hydrogen-bond donors (Lipinski definition) is 0. The molecule has 0 saturated carbocycles. The second-order valence-electron chi connectivity index (χ2n) is 13.1. The van der Waals surface area contributed by atoms with Gasteiger partial charge in [0.15, 0.2) is 11.7 Å². The van der Waals surface area contributed by atoms with Gasteiger partial charge in [0.1, 0.15) is 22.3 Å². The van der Waals surface area contributed by atoms with E-state index in [2.05, 4.69) is 63.7 Å². The summed E-state index contributed by atoms with van der Waals surface area (Å²) in [6, 6.07) is 36.1. The number of benzene rings is 5. The van der Waals surface area contributed by atoms with Crippen LogP contribution in [-0.4, -0.2) is 36.7 Å². The van der Waals surface area contributed by atoms with Gasteiger partial charge in [-0.15, -0.1) is 0 Å². The van der Waals surface area contributed by atoms with Crippen molar-refractivity contribution in [2.24, 2.45) is 15.0 Å². The van der Waals surface area contributed by atoms with Crippen LogP contribution in [0.3, 0.4) is 0 Å². The molecule has 5 aromatic carbocycles. The molecule has 1 fully saturated rings.